The van der Waals surface area contributed by atoms with Crippen molar-refractivity contribution in [2.45, 2.75) is 50.1 Å². The van der Waals surface area contributed by atoms with E-state index < -0.39 is 11.7 Å². The Morgan fingerprint density at radius 1 is 1.26 bits per heavy atom. The van der Waals surface area contributed by atoms with Crippen LogP contribution in [0.2, 0.25) is 0 Å². The van der Waals surface area contributed by atoms with Crippen molar-refractivity contribution in [3.05, 3.63) is 64.1 Å². The Bertz CT molecular complexity index is 942. The van der Waals surface area contributed by atoms with E-state index in [1.165, 1.54) is 5.56 Å². The molecule has 0 radical (unpaired) electrons. The Morgan fingerprint density at radius 3 is 2.26 bits per heavy atom. The number of carbonyl (C=O) groups excluding carboxylic acids is 1. The third-order valence-corrected chi connectivity index (χ3v) is 5.80. The predicted molar refractivity (Wildman–Crippen MR) is 162 cm³/mol. The van der Waals surface area contributed by atoms with Crippen LogP contribution in [0.3, 0.4) is 0 Å². The number of hydrogen-bond donors (Lipinski definition) is 2. The van der Waals surface area contributed by atoms with Crippen LogP contribution in [-0.2, 0) is 17.3 Å². The number of likely N-dealkylation sites (tertiary alicyclic amines) is 1. The van der Waals surface area contributed by atoms with E-state index in [4.69, 9.17) is 6.02 Å². The zero-order valence-electron chi connectivity index (χ0n) is 20.7. The summed E-state index contributed by atoms with van der Waals surface area (Å²) in [5, 5.41) is 20.5. The van der Waals surface area contributed by atoms with E-state index in [2.05, 4.69) is 65.2 Å². The Morgan fingerprint density at radius 2 is 1.82 bits per heavy atom. The minimum atomic E-state index is -0.629. The third kappa shape index (κ3) is 13.2. The third-order valence-electron chi connectivity index (χ3n) is 4.62. The van der Waals surface area contributed by atoms with Crippen molar-refractivity contribution >= 4 is 74.4 Å². The summed E-state index contributed by atoms with van der Waals surface area (Å²) in [5.41, 5.74) is 1.75. The molecule has 2 N–H and O–H groups in total. The van der Waals surface area contributed by atoms with Crippen LogP contribution in [0.1, 0.15) is 44.2 Å². The number of amides is 1. The van der Waals surface area contributed by atoms with Gasteiger partial charge in [-0.25, -0.2) is 4.79 Å². The van der Waals surface area contributed by atoms with E-state index in [-0.39, 0.29) is 31.5 Å². The number of halogens is 3. The summed E-state index contributed by atoms with van der Waals surface area (Å²) in [6.07, 6.45) is 1.70. The quantitative estimate of drug-likeness (QED) is 0.190. The second kappa shape index (κ2) is 15.8. The molecule has 1 amide bonds. The maximum absolute atomic E-state index is 12.0. The van der Waals surface area contributed by atoms with Gasteiger partial charge in [-0.05, 0) is 90.0 Å². The largest absolute Gasteiger partial charge is 0.508 e. The number of β-amino-alcohol motifs (C(OH)–C–C–N with tert-alkyl or cyclic N) is 1. The SMILES string of the molecule is BrCc1ccc(Br)cc1.CC(C)(C)OC(=O)N1CC[C@H](c2ccc(O)cc2)[C@@H](O)C1.[3H]P=S(C)I. The minimum absolute atomic E-state index is 0.0238. The molecule has 2 aromatic carbocycles. The molecule has 190 valence electrons. The van der Waals surface area contributed by atoms with Gasteiger partial charge in [-0.3, -0.25) is 0 Å². The van der Waals surface area contributed by atoms with Crippen molar-refractivity contribution in [3.8, 4) is 5.75 Å². The summed E-state index contributed by atoms with van der Waals surface area (Å²) >= 11 is 8.96. The average Bonchev–Trinajstić information content (AvgIpc) is 2.80. The topological polar surface area (TPSA) is 70.0 Å². The first kappa shape index (κ1) is 30.0. The number of alkyl halides is 1. The highest BCUT2D eigenvalue weighted by Gasteiger charge is 2.33. The molecule has 1 unspecified atom stereocenters. The number of benzene rings is 2. The molecule has 0 bridgehead atoms. The van der Waals surface area contributed by atoms with E-state index in [0.717, 1.165) is 23.3 Å². The number of phenolic OH excluding ortho intramolecular Hbond substituents is 1. The van der Waals surface area contributed by atoms with E-state index in [0.29, 0.717) is 13.0 Å². The summed E-state index contributed by atoms with van der Waals surface area (Å²) in [7, 11) is 1.05. The second-order valence-electron chi connectivity index (χ2n) is 8.65. The number of aromatic hydroxyl groups is 1. The monoisotopic (exact) mass is 749 g/mol. The van der Waals surface area contributed by atoms with Crippen molar-refractivity contribution < 1.29 is 19.7 Å². The number of hydrogen-bond acceptors (Lipinski definition) is 4. The lowest BCUT2D eigenvalue weighted by Crippen LogP contribution is -2.47. The van der Waals surface area contributed by atoms with Crippen LogP contribution in [0.15, 0.2) is 53.0 Å². The lowest BCUT2D eigenvalue weighted by atomic mass is 9.87. The van der Waals surface area contributed by atoms with Crippen molar-refractivity contribution in [1.29, 1.82) is 1.28 Å². The summed E-state index contributed by atoms with van der Waals surface area (Å²) < 4.78 is 13.1. The number of nitrogens with zero attached hydrogens (tertiary/aromatic N) is 1. The predicted octanol–water partition coefficient (Wildman–Crippen LogP) is 7.46. The van der Waals surface area contributed by atoms with Crippen molar-refractivity contribution in [3.63, 3.8) is 0 Å². The van der Waals surface area contributed by atoms with Crippen LogP contribution in [0.5, 0.6) is 5.75 Å². The van der Waals surface area contributed by atoms with Crippen molar-refractivity contribution in [1.82, 2.24) is 4.90 Å². The van der Waals surface area contributed by atoms with Crippen LogP contribution >= 0.6 is 61.0 Å². The van der Waals surface area contributed by atoms with Crippen LogP contribution in [0, 0.1) is 0 Å². The molecule has 1 aliphatic heterocycles. The highest BCUT2D eigenvalue weighted by molar-refractivity contribution is 14.2. The molecule has 0 aromatic heterocycles. The van der Waals surface area contributed by atoms with Gasteiger partial charge >= 0.3 is 6.09 Å². The van der Waals surface area contributed by atoms with Gasteiger partial charge in [-0.15, -0.1) is 7.24 Å². The molecule has 2 aromatic rings. The Hall–Kier alpha value is -0.190. The normalized spacial score (nSPS) is 19.1. The van der Waals surface area contributed by atoms with Gasteiger partial charge in [0.2, 0.25) is 0 Å². The van der Waals surface area contributed by atoms with Crippen LogP contribution in [0.25, 0.3) is 0 Å². The molecule has 1 heterocycles. The van der Waals surface area contributed by atoms with Gasteiger partial charge in [0.1, 0.15) is 11.4 Å². The molecule has 1 saturated heterocycles. The lowest BCUT2D eigenvalue weighted by molar-refractivity contribution is -0.00152. The molecule has 34 heavy (non-hydrogen) atoms. The summed E-state index contributed by atoms with van der Waals surface area (Å²) in [4.78, 5) is 13.6. The molecule has 10 heteroatoms. The maximum Gasteiger partial charge on any atom is 0.410 e. The van der Waals surface area contributed by atoms with E-state index in [9.17, 15) is 15.0 Å². The molecule has 0 aliphatic carbocycles. The highest BCUT2D eigenvalue weighted by Crippen LogP contribution is 2.30. The highest BCUT2D eigenvalue weighted by atomic mass is 127. The first-order valence-corrected chi connectivity index (χ1v) is 17.7. The lowest BCUT2D eigenvalue weighted by Gasteiger charge is -2.36. The number of phenols is 1. The van der Waals surface area contributed by atoms with Gasteiger partial charge in [0.15, 0.2) is 0 Å². The van der Waals surface area contributed by atoms with Gasteiger partial charge < -0.3 is 19.8 Å². The average molecular weight is 751 g/mol. The minimum Gasteiger partial charge on any atom is -0.508 e. The summed E-state index contributed by atoms with van der Waals surface area (Å²) in [6.45, 7) is 6.29. The Kier molecular flexibility index (Phi) is 14.0. The molecule has 1 aliphatic rings. The number of ether oxygens (including phenoxy) is 1. The fourth-order valence-electron chi connectivity index (χ4n) is 3.11. The molecule has 5 nitrogen and oxygen atoms in total. The van der Waals surface area contributed by atoms with E-state index >= 15 is 0 Å². The summed E-state index contributed by atoms with van der Waals surface area (Å²) in [6, 6.07) is 15.1. The Balaban J connectivity index is 0.000000359. The second-order valence-corrected chi connectivity index (χ2v) is 18.6. The first-order valence-electron chi connectivity index (χ1n) is 11.0. The number of carbonyl (C=O) groups is 1. The molecule has 3 atom stereocenters. The van der Waals surface area contributed by atoms with Crippen LogP contribution in [-0.4, -0.2) is 53.5 Å². The van der Waals surface area contributed by atoms with E-state index in [1.807, 2.05) is 51.3 Å². The van der Waals surface area contributed by atoms with Crippen LogP contribution in [0.4, 0.5) is 4.79 Å². The standard InChI is InChI=1S/C16H23NO4.C7H6Br2.CH4IPS/c1-16(2,3)21-15(20)17-9-8-13(14(19)10-17)11-4-6-12(18)7-5-11;8-5-6-1-3-7(9)4-2-6;1-4(2)3/h4-7,13-14,18-19H,8-10H2,1-3H3;1-4H,5H2;3H,1H3/t13-,14+;;/m1../s1/i;;3T. The molecule has 1 fully saturated rings. The maximum atomic E-state index is 12.0. The first-order chi connectivity index (χ1) is 16.4. The number of aliphatic hydroxyl groups is 1. The van der Waals surface area contributed by atoms with Gasteiger partial charge in [0, 0.05) is 22.3 Å². The van der Waals surface area contributed by atoms with Gasteiger partial charge in [-0.1, -0.05) is 64.1 Å². The number of piperidine rings is 1. The zero-order chi connectivity index (χ0) is 26.6. The van der Waals surface area contributed by atoms with Crippen molar-refractivity contribution in [2.24, 2.45) is 0 Å². The number of aliphatic hydroxyl groups excluding tert-OH is 1. The Labute approximate surface area is 238 Å². The molecule has 0 spiro atoms. The molecule has 3 rings (SSSR count). The van der Waals surface area contributed by atoms with Gasteiger partial charge in [0.25, 0.3) is 0 Å². The number of rotatable bonds is 2. The van der Waals surface area contributed by atoms with E-state index in [1.54, 1.807) is 17.0 Å². The molecular formula is C24H33Br2INO4PS. The van der Waals surface area contributed by atoms with Crippen molar-refractivity contribution in [2.75, 3.05) is 19.3 Å². The smallest absolute Gasteiger partial charge is 0.410 e. The van der Waals surface area contributed by atoms with Gasteiger partial charge in [-0.2, -0.15) is 0 Å². The van der Waals surface area contributed by atoms with Crippen LogP contribution < -0.4 is 0 Å². The zero-order valence-corrected chi connectivity index (χ0v) is 26.8. The fraction of sp³-hybridized carbons (Fsp3) is 0.458. The fourth-order valence-corrected chi connectivity index (χ4v) is 3.75. The van der Waals surface area contributed by atoms with Gasteiger partial charge in [0.05, 0.1) is 13.9 Å². The summed E-state index contributed by atoms with van der Waals surface area (Å²) in [5.74, 6) is 0.184. The molecule has 0 saturated carbocycles. The molecular weight excluding hydrogens is 716 g/mol.